The lowest BCUT2D eigenvalue weighted by atomic mass is 10.0. The molecular formula is C27H24N4. The van der Waals surface area contributed by atoms with Gasteiger partial charge in [-0.1, -0.05) is 78.9 Å². The Labute approximate surface area is 182 Å². The predicted octanol–water partition coefficient (Wildman–Crippen LogP) is 6.35. The molecule has 0 aliphatic rings. The van der Waals surface area contributed by atoms with Crippen molar-refractivity contribution in [2.45, 2.75) is 20.3 Å². The molecule has 0 atom stereocenters. The van der Waals surface area contributed by atoms with Crippen LogP contribution in [0, 0.1) is 13.8 Å². The molecule has 0 aliphatic carbocycles. The fraction of sp³-hybridized carbons (Fsp3) is 0.111. The zero-order valence-corrected chi connectivity index (χ0v) is 17.7. The second kappa shape index (κ2) is 8.07. The van der Waals surface area contributed by atoms with Crippen molar-refractivity contribution in [3.8, 4) is 11.1 Å². The number of benzene rings is 3. The molecule has 3 aromatic carbocycles. The van der Waals surface area contributed by atoms with Gasteiger partial charge in [-0.05, 0) is 37.1 Å². The van der Waals surface area contributed by atoms with E-state index in [1.54, 1.807) is 0 Å². The van der Waals surface area contributed by atoms with Gasteiger partial charge in [0.2, 0.25) is 0 Å². The molecule has 0 spiro atoms. The molecule has 0 radical (unpaired) electrons. The van der Waals surface area contributed by atoms with Gasteiger partial charge in [-0.25, -0.2) is 4.98 Å². The molecule has 4 heteroatoms. The van der Waals surface area contributed by atoms with Crippen LogP contribution in [0.2, 0.25) is 0 Å². The molecule has 0 bridgehead atoms. The standard InChI is InChI=1S/C27H24N4/c1-19-24(18-21-12-6-3-7-13-21)26(29-23-16-10-5-11-17-23)31-27(28-19)25(20(2)30-31)22-14-8-4-9-15-22/h3-17,29H,18H2,1-2H3. The molecule has 1 N–H and O–H groups in total. The van der Waals surface area contributed by atoms with Crippen molar-refractivity contribution in [1.82, 2.24) is 14.6 Å². The Bertz CT molecular complexity index is 1320. The number of nitrogens with zero attached hydrogens (tertiary/aromatic N) is 3. The van der Waals surface area contributed by atoms with Gasteiger partial charge in [0, 0.05) is 28.9 Å². The highest BCUT2D eigenvalue weighted by atomic mass is 15.3. The van der Waals surface area contributed by atoms with Crippen molar-refractivity contribution in [3.05, 3.63) is 114 Å². The number of hydrogen-bond acceptors (Lipinski definition) is 3. The minimum absolute atomic E-state index is 0.782. The average Bonchev–Trinajstić information content (AvgIpc) is 3.13. The van der Waals surface area contributed by atoms with Gasteiger partial charge >= 0.3 is 0 Å². The number of fused-ring (bicyclic) bond motifs is 1. The number of nitrogens with one attached hydrogen (secondary N) is 1. The van der Waals surface area contributed by atoms with Crippen LogP contribution >= 0.6 is 0 Å². The molecule has 0 amide bonds. The first-order valence-electron chi connectivity index (χ1n) is 10.5. The Morgan fingerprint density at radius 3 is 2.03 bits per heavy atom. The molecule has 0 unspecified atom stereocenters. The first-order valence-corrected chi connectivity index (χ1v) is 10.5. The van der Waals surface area contributed by atoms with E-state index in [4.69, 9.17) is 10.1 Å². The molecule has 4 nitrogen and oxygen atoms in total. The van der Waals surface area contributed by atoms with E-state index in [2.05, 4.69) is 79.8 Å². The third-order valence-corrected chi connectivity index (χ3v) is 5.57. The van der Waals surface area contributed by atoms with Crippen molar-refractivity contribution >= 4 is 17.2 Å². The van der Waals surface area contributed by atoms with Crippen LogP contribution in [0.1, 0.15) is 22.5 Å². The molecular weight excluding hydrogens is 380 g/mol. The highest BCUT2D eigenvalue weighted by molar-refractivity contribution is 5.82. The second-order valence-corrected chi connectivity index (χ2v) is 7.74. The van der Waals surface area contributed by atoms with Crippen molar-refractivity contribution < 1.29 is 0 Å². The van der Waals surface area contributed by atoms with Gasteiger partial charge in [0.15, 0.2) is 5.65 Å². The lowest BCUT2D eigenvalue weighted by Crippen LogP contribution is -2.09. The normalized spacial score (nSPS) is 11.0. The summed E-state index contributed by atoms with van der Waals surface area (Å²) in [4.78, 5) is 5.03. The first kappa shape index (κ1) is 19.1. The van der Waals surface area contributed by atoms with E-state index in [9.17, 15) is 0 Å². The summed E-state index contributed by atoms with van der Waals surface area (Å²) in [6.45, 7) is 4.14. The molecule has 0 saturated heterocycles. The van der Waals surface area contributed by atoms with Gasteiger partial charge in [0.1, 0.15) is 5.82 Å². The molecule has 0 aliphatic heterocycles. The molecule has 152 valence electrons. The quantitative estimate of drug-likeness (QED) is 0.371. The van der Waals surface area contributed by atoms with Crippen LogP contribution in [0.5, 0.6) is 0 Å². The maximum Gasteiger partial charge on any atom is 0.165 e. The van der Waals surface area contributed by atoms with Crippen molar-refractivity contribution in [2.24, 2.45) is 0 Å². The Morgan fingerprint density at radius 2 is 1.35 bits per heavy atom. The van der Waals surface area contributed by atoms with Crippen LogP contribution in [-0.2, 0) is 6.42 Å². The smallest absolute Gasteiger partial charge is 0.165 e. The van der Waals surface area contributed by atoms with Crippen molar-refractivity contribution in [1.29, 1.82) is 0 Å². The maximum absolute atomic E-state index is 5.03. The SMILES string of the molecule is Cc1nc2c(-c3ccccc3)c(C)nn2c(Nc2ccccc2)c1Cc1ccccc1. The Morgan fingerprint density at radius 1 is 0.742 bits per heavy atom. The number of anilines is 2. The molecule has 0 saturated carbocycles. The lowest BCUT2D eigenvalue weighted by Gasteiger charge is -2.16. The van der Waals surface area contributed by atoms with Crippen molar-refractivity contribution in [3.63, 3.8) is 0 Å². The van der Waals surface area contributed by atoms with E-state index in [0.717, 1.165) is 51.7 Å². The Balaban J connectivity index is 1.74. The maximum atomic E-state index is 5.03. The van der Waals surface area contributed by atoms with E-state index in [-0.39, 0.29) is 0 Å². The largest absolute Gasteiger partial charge is 0.340 e. The number of aryl methyl sites for hydroxylation is 2. The fourth-order valence-electron chi connectivity index (χ4n) is 4.04. The number of rotatable bonds is 5. The zero-order chi connectivity index (χ0) is 21.2. The minimum atomic E-state index is 0.782. The summed E-state index contributed by atoms with van der Waals surface area (Å²) in [7, 11) is 0. The van der Waals surface area contributed by atoms with E-state index in [1.165, 1.54) is 5.56 Å². The zero-order valence-electron chi connectivity index (χ0n) is 17.7. The number of para-hydroxylation sites is 1. The summed E-state index contributed by atoms with van der Waals surface area (Å²) in [5, 5.41) is 8.55. The van der Waals surface area contributed by atoms with Gasteiger partial charge in [-0.2, -0.15) is 9.61 Å². The highest BCUT2D eigenvalue weighted by Gasteiger charge is 2.20. The third kappa shape index (κ3) is 3.68. The molecule has 0 fully saturated rings. The van der Waals surface area contributed by atoms with Gasteiger partial charge in [-0.3, -0.25) is 0 Å². The van der Waals surface area contributed by atoms with Gasteiger partial charge in [-0.15, -0.1) is 0 Å². The minimum Gasteiger partial charge on any atom is -0.340 e. The van der Waals surface area contributed by atoms with Crippen LogP contribution in [0.4, 0.5) is 11.5 Å². The summed E-state index contributed by atoms with van der Waals surface area (Å²) < 4.78 is 1.97. The fourth-order valence-corrected chi connectivity index (χ4v) is 4.04. The summed E-state index contributed by atoms with van der Waals surface area (Å²) in [6, 6.07) is 31.1. The van der Waals surface area contributed by atoms with Gasteiger partial charge in [0.05, 0.1) is 5.69 Å². The molecule has 5 aromatic rings. The van der Waals surface area contributed by atoms with Crippen LogP contribution in [0.3, 0.4) is 0 Å². The second-order valence-electron chi connectivity index (χ2n) is 7.74. The van der Waals surface area contributed by atoms with E-state index in [1.807, 2.05) is 34.8 Å². The molecule has 2 heterocycles. The summed E-state index contributed by atoms with van der Waals surface area (Å²) in [6.07, 6.45) is 0.782. The van der Waals surface area contributed by atoms with Crippen molar-refractivity contribution in [2.75, 3.05) is 5.32 Å². The lowest BCUT2D eigenvalue weighted by molar-refractivity contribution is 0.895. The van der Waals surface area contributed by atoms with E-state index < -0.39 is 0 Å². The van der Waals surface area contributed by atoms with Crippen LogP contribution in [0.15, 0.2) is 91.0 Å². The van der Waals surface area contributed by atoms with Gasteiger partial charge in [0.25, 0.3) is 0 Å². The van der Waals surface area contributed by atoms with Crippen LogP contribution in [0.25, 0.3) is 16.8 Å². The van der Waals surface area contributed by atoms with E-state index in [0.29, 0.717) is 0 Å². The predicted molar refractivity (Wildman–Crippen MR) is 127 cm³/mol. The number of aromatic nitrogens is 3. The molecule has 5 rings (SSSR count). The van der Waals surface area contributed by atoms with Crippen LogP contribution in [-0.4, -0.2) is 14.6 Å². The molecule has 31 heavy (non-hydrogen) atoms. The van der Waals surface area contributed by atoms with Crippen LogP contribution < -0.4 is 5.32 Å². The van der Waals surface area contributed by atoms with Gasteiger partial charge < -0.3 is 5.32 Å². The highest BCUT2D eigenvalue weighted by Crippen LogP contribution is 2.33. The first-order chi connectivity index (χ1) is 15.2. The summed E-state index contributed by atoms with van der Waals surface area (Å²) >= 11 is 0. The summed E-state index contributed by atoms with van der Waals surface area (Å²) in [5.41, 5.74) is 8.46. The Hall–Kier alpha value is -3.92. The third-order valence-electron chi connectivity index (χ3n) is 5.57. The topological polar surface area (TPSA) is 42.2 Å². The average molecular weight is 405 g/mol. The Kier molecular flexibility index (Phi) is 4.97. The summed E-state index contributed by atoms with van der Waals surface area (Å²) in [5.74, 6) is 0.961. The molecule has 2 aromatic heterocycles. The van der Waals surface area contributed by atoms with E-state index >= 15 is 0 Å². The number of hydrogen-bond donors (Lipinski definition) is 1. The monoisotopic (exact) mass is 404 g/mol.